The highest BCUT2D eigenvalue weighted by Gasteiger charge is 2.11. The molecule has 108 valence electrons. The lowest BCUT2D eigenvalue weighted by Crippen LogP contribution is -2.01. The van der Waals surface area contributed by atoms with Gasteiger partial charge in [-0.25, -0.2) is 0 Å². The fraction of sp³-hybridized carbons (Fsp3) is 0.200. The topological polar surface area (TPSA) is 78.0 Å². The van der Waals surface area contributed by atoms with Crippen molar-refractivity contribution in [3.63, 3.8) is 0 Å². The molecule has 0 bridgehead atoms. The first-order valence-electron chi connectivity index (χ1n) is 6.52. The predicted octanol–water partition coefficient (Wildman–Crippen LogP) is 3.02. The molecule has 0 atom stereocenters. The van der Waals surface area contributed by atoms with Crippen molar-refractivity contribution in [1.29, 1.82) is 0 Å². The number of nitrogens with zero attached hydrogens (tertiary/aromatic N) is 3. The second kappa shape index (κ2) is 6.13. The molecular weight excluding hydrogens is 270 g/mol. The number of non-ortho nitro benzene ring substituents is 1. The zero-order chi connectivity index (χ0) is 15.4. The molecule has 0 spiro atoms. The first-order valence-corrected chi connectivity index (χ1v) is 6.52. The normalized spacial score (nSPS) is 11.0. The maximum atomic E-state index is 12.1. The molecule has 6 nitrogen and oxygen atoms in total. The number of carbonyl (C=O) groups is 1. The van der Waals surface area contributed by atoms with E-state index >= 15 is 0 Å². The molecule has 1 heterocycles. The number of hydrogen-bond acceptors (Lipinski definition) is 4. The molecule has 0 aliphatic carbocycles. The van der Waals surface area contributed by atoms with Gasteiger partial charge in [-0.2, -0.15) is 5.10 Å². The summed E-state index contributed by atoms with van der Waals surface area (Å²) < 4.78 is 1.74. The summed E-state index contributed by atoms with van der Waals surface area (Å²) >= 11 is 0. The van der Waals surface area contributed by atoms with Gasteiger partial charge in [0.05, 0.1) is 16.7 Å². The summed E-state index contributed by atoms with van der Waals surface area (Å²) in [7, 11) is 0. The molecule has 0 radical (unpaired) electrons. The van der Waals surface area contributed by atoms with E-state index in [0.29, 0.717) is 17.7 Å². The Hall–Kier alpha value is -2.76. The summed E-state index contributed by atoms with van der Waals surface area (Å²) in [4.78, 5) is 22.3. The van der Waals surface area contributed by atoms with E-state index in [1.807, 2.05) is 13.8 Å². The third kappa shape index (κ3) is 3.22. The number of ketones is 1. The smallest absolute Gasteiger partial charge is 0.270 e. The minimum atomic E-state index is -0.464. The molecular formula is C15H15N3O3. The number of benzene rings is 1. The number of allylic oxidation sites excluding steroid dienone is 1. The van der Waals surface area contributed by atoms with Gasteiger partial charge in [-0.1, -0.05) is 18.2 Å². The van der Waals surface area contributed by atoms with E-state index in [4.69, 9.17) is 0 Å². The van der Waals surface area contributed by atoms with Crippen LogP contribution in [0.4, 0.5) is 5.69 Å². The number of rotatable bonds is 5. The van der Waals surface area contributed by atoms with Crippen molar-refractivity contribution < 1.29 is 9.72 Å². The summed E-state index contributed by atoms with van der Waals surface area (Å²) in [6.07, 6.45) is 4.51. The van der Waals surface area contributed by atoms with Crippen molar-refractivity contribution >= 4 is 17.5 Å². The van der Waals surface area contributed by atoms with Crippen LogP contribution < -0.4 is 0 Å². The zero-order valence-corrected chi connectivity index (χ0v) is 11.8. The second-order valence-corrected chi connectivity index (χ2v) is 4.51. The Bertz CT molecular complexity index is 717. The van der Waals surface area contributed by atoms with Gasteiger partial charge in [-0.3, -0.25) is 19.6 Å². The maximum absolute atomic E-state index is 12.1. The molecule has 21 heavy (non-hydrogen) atoms. The number of nitro groups is 1. The maximum Gasteiger partial charge on any atom is 0.270 e. The van der Waals surface area contributed by atoms with E-state index in [0.717, 1.165) is 5.69 Å². The molecule has 0 fully saturated rings. The van der Waals surface area contributed by atoms with Gasteiger partial charge in [0, 0.05) is 24.4 Å². The van der Waals surface area contributed by atoms with Crippen molar-refractivity contribution in [2.45, 2.75) is 20.4 Å². The summed E-state index contributed by atoms with van der Waals surface area (Å²) in [5.41, 5.74) is 1.96. The molecule has 2 rings (SSSR count). The van der Waals surface area contributed by atoms with Gasteiger partial charge in [0.2, 0.25) is 0 Å². The Balaban J connectivity index is 2.20. The third-order valence-electron chi connectivity index (χ3n) is 3.18. The van der Waals surface area contributed by atoms with E-state index in [9.17, 15) is 14.9 Å². The Kier molecular flexibility index (Phi) is 4.27. The fourth-order valence-corrected chi connectivity index (χ4v) is 2.01. The molecule has 2 aromatic rings. The van der Waals surface area contributed by atoms with Gasteiger partial charge < -0.3 is 0 Å². The van der Waals surface area contributed by atoms with Crippen LogP contribution in [0.1, 0.15) is 28.5 Å². The summed E-state index contributed by atoms with van der Waals surface area (Å²) in [6.45, 7) is 4.49. The van der Waals surface area contributed by atoms with Crippen LogP contribution in [-0.2, 0) is 6.54 Å². The van der Waals surface area contributed by atoms with E-state index in [1.54, 1.807) is 29.1 Å². The van der Waals surface area contributed by atoms with Gasteiger partial charge in [0.1, 0.15) is 0 Å². The van der Waals surface area contributed by atoms with Gasteiger partial charge in [0.15, 0.2) is 5.78 Å². The standard InChI is InChI=1S/C15H15N3O3/c1-3-17-11(2)14(10-16-17)15(19)8-7-12-5-4-6-13(9-12)18(20)21/h4-10H,3H2,1-2H3/b8-7+. The number of carbonyl (C=O) groups excluding carboxylic acids is 1. The van der Waals surface area contributed by atoms with Crippen LogP contribution in [0.3, 0.4) is 0 Å². The highest BCUT2D eigenvalue weighted by molar-refractivity contribution is 6.07. The van der Waals surface area contributed by atoms with E-state index < -0.39 is 4.92 Å². The van der Waals surface area contributed by atoms with Crippen LogP contribution in [0.25, 0.3) is 6.08 Å². The quantitative estimate of drug-likeness (QED) is 0.366. The van der Waals surface area contributed by atoms with Gasteiger partial charge in [-0.05, 0) is 25.5 Å². The molecule has 0 saturated heterocycles. The molecule has 1 aromatic carbocycles. The molecule has 0 unspecified atom stereocenters. The number of aryl methyl sites for hydroxylation is 1. The number of hydrogen-bond donors (Lipinski definition) is 0. The van der Waals surface area contributed by atoms with Crippen molar-refractivity contribution in [3.05, 3.63) is 63.5 Å². The SMILES string of the molecule is CCn1ncc(C(=O)/C=C/c2cccc([N+](=O)[O-])c2)c1C. The van der Waals surface area contributed by atoms with Gasteiger partial charge >= 0.3 is 0 Å². The molecule has 0 saturated carbocycles. The Labute approximate surface area is 121 Å². The lowest BCUT2D eigenvalue weighted by Gasteiger charge is -1.99. The van der Waals surface area contributed by atoms with Crippen LogP contribution in [0.5, 0.6) is 0 Å². The van der Waals surface area contributed by atoms with Crippen molar-refractivity contribution in [3.8, 4) is 0 Å². The van der Waals surface area contributed by atoms with E-state index in [2.05, 4.69) is 5.10 Å². The van der Waals surface area contributed by atoms with Gasteiger partial charge in [-0.15, -0.1) is 0 Å². The van der Waals surface area contributed by atoms with Crippen molar-refractivity contribution in [2.24, 2.45) is 0 Å². The largest absolute Gasteiger partial charge is 0.289 e. The van der Waals surface area contributed by atoms with Crippen LogP contribution in [0.15, 0.2) is 36.5 Å². The van der Waals surface area contributed by atoms with Gasteiger partial charge in [0.25, 0.3) is 5.69 Å². The zero-order valence-electron chi connectivity index (χ0n) is 11.8. The van der Waals surface area contributed by atoms with Crippen molar-refractivity contribution in [2.75, 3.05) is 0 Å². The summed E-state index contributed by atoms with van der Waals surface area (Å²) in [5, 5.41) is 14.8. The first kappa shape index (κ1) is 14.6. The molecule has 0 aliphatic heterocycles. The minimum Gasteiger partial charge on any atom is -0.289 e. The number of nitro benzene ring substituents is 1. The average Bonchev–Trinajstić information content (AvgIpc) is 2.86. The molecule has 0 amide bonds. The van der Waals surface area contributed by atoms with Crippen LogP contribution in [0, 0.1) is 17.0 Å². The minimum absolute atomic E-state index is 0.000387. The number of aromatic nitrogens is 2. The highest BCUT2D eigenvalue weighted by Crippen LogP contribution is 2.15. The monoisotopic (exact) mass is 285 g/mol. The molecule has 0 aliphatic rings. The lowest BCUT2D eigenvalue weighted by atomic mass is 10.1. The van der Waals surface area contributed by atoms with Crippen LogP contribution in [-0.4, -0.2) is 20.5 Å². The molecule has 1 aromatic heterocycles. The first-order chi connectivity index (χ1) is 10.0. The summed E-state index contributed by atoms with van der Waals surface area (Å²) in [5.74, 6) is -0.168. The summed E-state index contributed by atoms with van der Waals surface area (Å²) in [6, 6.07) is 6.13. The average molecular weight is 285 g/mol. The Morgan fingerprint density at radius 3 is 2.86 bits per heavy atom. The predicted molar refractivity (Wildman–Crippen MR) is 79.1 cm³/mol. The Morgan fingerprint density at radius 1 is 1.48 bits per heavy atom. The van der Waals surface area contributed by atoms with E-state index in [1.165, 1.54) is 18.2 Å². The van der Waals surface area contributed by atoms with Crippen molar-refractivity contribution in [1.82, 2.24) is 9.78 Å². The third-order valence-corrected chi connectivity index (χ3v) is 3.18. The Morgan fingerprint density at radius 2 is 2.24 bits per heavy atom. The van der Waals surface area contributed by atoms with Crippen LogP contribution >= 0.6 is 0 Å². The molecule has 0 N–H and O–H groups in total. The highest BCUT2D eigenvalue weighted by atomic mass is 16.6. The lowest BCUT2D eigenvalue weighted by molar-refractivity contribution is -0.384. The molecule has 6 heteroatoms. The second-order valence-electron chi connectivity index (χ2n) is 4.51. The van der Waals surface area contributed by atoms with E-state index in [-0.39, 0.29) is 11.5 Å². The van der Waals surface area contributed by atoms with Crippen LogP contribution in [0.2, 0.25) is 0 Å². The fourth-order valence-electron chi connectivity index (χ4n) is 2.01.